The Bertz CT molecular complexity index is 624. The monoisotopic (exact) mass is 361 g/mol. The summed E-state index contributed by atoms with van der Waals surface area (Å²) in [5.74, 6) is 1.74. The number of amides is 1. The Morgan fingerprint density at radius 3 is 2.45 bits per heavy atom. The van der Waals surface area contributed by atoms with Gasteiger partial charge in [-0.1, -0.05) is 33.6 Å². The minimum Gasteiger partial charge on any atom is -0.325 e. The third-order valence-corrected chi connectivity index (χ3v) is 7.03. The van der Waals surface area contributed by atoms with Crippen molar-refractivity contribution >= 4 is 27.5 Å². The van der Waals surface area contributed by atoms with E-state index in [2.05, 4.69) is 47.2 Å². The first-order valence-electron chi connectivity index (χ1n) is 8.45. The standard InChI is InChI=1S/C19H24BrNO/c1-12-3-4-16(13(2)5-12)21-17(22)18-7-14-6-15(8-18)10-19(20,9-14)11-18/h3-5,14-15H,6-11H2,1-2H3,(H,21,22)/t14-,15+,18?,19?. The quantitative estimate of drug-likeness (QED) is 0.739. The molecule has 3 heteroatoms. The normalized spacial score (nSPS) is 39.0. The van der Waals surface area contributed by atoms with Gasteiger partial charge in [0.05, 0.1) is 5.41 Å². The van der Waals surface area contributed by atoms with E-state index in [1.807, 2.05) is 6.07 Å². The first kappa shape index (κ1) is 14.7. The van der Waals surface area contributed by atoms with Crippen LogP contribution in [0.25, 0.3) is 0 Å². The van der Waals surface area contributed by atoms with Gasteiger partial charge >= 0.3 is 0 Å². The molecule has 2 unspecified atom stereocenters. The number of halogens is 1. The molecule has 118 valence electrons. The van der Waals surface area contributed by atoms with Crippen LogP contribution < -0.4 is 5.32 Å². The zero-order chi connectivity index (χ0) is 15.5. The second kappa shape index (κ2) is 4.83. The highest BCUT2D eigenvalue weighted by molar-refractivity contribution is 9.10. The molecular weight excluding hydrogens is 338 g/mol. The van der Waals surface area contributed by atoms with Gasteiger partial charge in [0.25, 0.3) is 0 Å². The van der Waals surface area contributed by atoms with Crippen LogP contribution in [-0.2, 0) is 4.79 Å². The minimum atomic E-state index is -0.134. The van der Waals surface area contributed by atoms with Crippen molar-refractivity contribution < 1.29 is 4.79 Å². The third-order valence-electron chi connectivity index (χ3n) is 6.10. The summed E-state index contributed by atoms with van der Waals surface area (Å²) in [5.41, 5.74) is 3.25. The number of nitrogens with one attached hydrogen (secondary N) is 1. The van der Waals surface area contributed by atoms with Crippen LogP contribution in [0.3, 0.4) is 0 Å². The fourth-order valence-corrected chi connectivity index (χ4v) is 7.08. The number of benzene rings is 1. The molecule has 0 radical (unpaired) electrons. The summed E-state index contributed by atoms with van der Waals surface area (Å²) in [5, 5.41) is 3.25. The van der Waals surface area contributed by atoms with E-state index in [1.165, 1.54) is 24.8 Å². The molecule has 4 fully saturated rings. The highest BCUT2D eigenvalue weighted by Crippen LogP contribution is 2.64. The van der Waals surface area contributed by atoms with Crippen LogP contribution in [0.15, 0.2) is 18.2 Å². The Morgan fingerprint density at radius 2 is 1.86 bits per heavy atom. The first-order chi connectivity index (χ1) is 10.4. The lowest BCUT2D eigenvalue weighted by Gasteiger charge is -2.59. The largest absolute Gasteiger partial charge is 0.325 e. The Morgan fingerprint density at radius 1 is 1.18 bits per heavy atom. The van der Waals surface area contributed by atoms with Crippen molar-refractivity contribution in [2.24, 2.45) is 17.3 Å². The van der Waals surface area contributed by atoms with E-state index in [1.54, 1.807) is 0 Å². The van der Waals surface area contributed by atoms with Crippen LogP contribution in [0, 0.1) is 31.1 Å². The number of carbonyl (C=O) groups is 1. The number of aryl methyl sites for hydroxylation is 2. The molecule has 1 aromatic carbocycles. The summed E-state index contributed by atoms with van der Waals surface area (Å²) >= 11 is 3.99. The smallest absolute Gasteiger partial charge is 0.230 e. The molecule has 2 nitrogen and oxygen atoms in total. The predicted octanol–water partition coefficient (Wildman–Crippen LogP) is 4.98. The molecule has 0 aromatic heterocycles. The molecule has 4 atom stereocenters. The molecule has 4 aliphatic carbocycles. The van der Waals surface area contributed by atoms with Crippen molar-refractivity contribution in [1.29, 1.82) is 0 Å². The Hall–Kier alpha value is -0.830. The fraction of sp³-hybridized carbons (Fsp3) is 0.632. The Labute approximate surface area is 141 Å². The van der Waals surface area contributed by atoms with Gasteiger partial charge in [-0.2, -0.15) is 0 Å². The van der Waals surface area contributed by atoms with Crippen LogP contribution in [0.1, 0.15) is 49.7 Å². The summed E-state index contributed by atoms with van der Waals surface area (Å²) in [6.07, 6.45) is 7.07. The second-order valence-electron chi connectivity index (χ2n) is 8.16. The molecule has 5 rings (SSSR count). The number of carbonyl (C=O) groups excluding carboxylic acids is 1. The number of hydrogen-bond acceptors (Lipinski definition) is 1. The summed E-state index contributed by atoms with van der Waals surface area (Å²) < 4.78 is 0.233. The van der Waals surface area contributed by atoms with Crippen molar-refractivity contribution in [3.63, 3.8) is 0 Å². The van der Waals surface area contributed by atoms with Crippen LogP contribution in [0.2, 0.25) is 0 Å². The molecule has 4 saturated carbocycles. The molecule has 1 amide bonds. The van der Waals surface area contributed by atoms with Gasteiger partial charge in [-0.15, -0.1) is 0 Å². The minimum absolute atomic E-state index is 0.134. The zero-order valence-electron chi connectivity index (χ0n) is 13.4. The lowest BCUT2D eigenvalue weighted by molar-refractivity contribution is -0.138. The SMILES string of the molecule is Cc1ccc(NC(=O)C23C[C@@H]4C[C@@H](CC(Br)(C4)C2)C3)c(C)c1. The molecular formula is C19H24BrNO. The maximum atomic E-state index is 13.1. The number of alkyl halides is 1. The Balaban J connectivity index is 1.60. The molecule has 22 heavy (non-hydrogen) atoms. The lowest BCUT2D eigenvalue weighted by atomic mass is 9.49. The summed E-state index contributed by atoms with van der Waals surface area (Å²) in [6.45, 7) is 4.17. The van der Waals surface area contributed by atoms with Crippen LogP contribution in [0.5, 0.6) is 0 Å². The van der Waals surface area contributed by atoms with Crippen molar-refractivity contribution in [2.45, 2.75) is 56.7 Å². The number of hydrogen-bond donors (Lipinski definition) is 1. The van der Waals surface area contributed by atoms with E-state index in [9.17, 15) is 4.79 Å². The number of anilines is 1. The van der Waals surface area contributed by atoms with Crippen molar-refractivity contribution in [3.8, 4) is 0 Å². The molecule has 0 saturated heterocycles. The van der Waals surface area contributed by atoms with Crippen LogP contribution in [-0.4, -0.2) is 10.2 Å². The Kier molecular flexibility index (Phi) is 3.24. The van der Waals surface area contributed by atoms with Gasteiger partial charge in [0.2, 0.25) is 5.91 Å². The summed E-state index contributed by atoms with van der Waals surface area (Å²) in [6, 6.07) is 6.27. The lowest BCUT2D eigenvalue weighted by Crippen LogP contribution is -2.57. The van der Waals surface area contributed by atoms with Crippen LogP contribution in [0.4, 0.5) is 5.69 Å². The summed E-state index contributed by atoms with van der Waals surface area (Å²) in [7, 11) is 0. The van der Waals surface area contributed by atoms with Gasteiger partial charge in [-0.25, -0.2) is 0 Å². The van der Waals surface area contributed by atoms with Crippen molar-refractivity contribution in [1.82, 2.24) is 0 Å². The molecule has 0 aliphatic heterocycles. The van der Waals surface area contributed by atoms with Gasteiger partial charge in [0, 0.05) is 10.0 Å². The highest BCUT2D eigenvalue weighted by Gasteiger charge is 2.59. The van der Waals surface area contributed by atoms with Gasteiger partial charge in [0.1, 0.15) is 0 Å². The average Bonchev–Trinajstić information content (AvgIpc) is 2.39. The average molecular weight is 362 g/mol. The van der Waals surface area contributed by atoms with E-state index < -0.39 is 0 Å². The van der Waals surface area contributed by atoms with Crippen LogP contribution >= 0.6 is 15.9 Å². The van der Waals surface area contributed by atoms with Gasteiger partial charge in [0.15, 0.2) is 0 Å². The maximum Gasteiger partial charge on any atom is 0.230 e. The fourth-order valence-electron chi connectivity index (χ4n) is 5.63. The maximum absolute atomic E-state index is 13.1. The van der Waals surface area contributed by atoms with Crippen molar-refractivity contribution in [2.75, 3.05) is 5.32 Å². The van der Waals surface area contributed by atoms with Gasteiger partial charge in [-0.05, 0) is 75.8 Å². The molecule has 4 aliphatic rings. The van der Waals surface area contributed by atoms with E-state index >= 15 is 0 Å². The van der Waals surface area contributed by atoms with E-state index in [4.69, 9.17) is 0 Å². The molecule has 0 heterocycles. The van der Waals surface area contributed by atoms with E-state index in [0.29, 0.717) is 0 Å². The number of rotatable bonds is 2. The van der Waals surface area contributed by atoms with E-state index in [-0.39, 0.29) is 15.6 Å². The second-order valence-corrected chi connectivity index (χ2v) is 9.85. The predicted molar refractivity (Wildman–Crippen MR) is 93.3 cm³/mol. The van der Waals surface area contributed by atoms with E-state index in [0.717, 1.165) is 42.3 Å². The zero-order valence-corrected chi connectivity index (χ0v) is 15.0. The van der Waals surface area contributed by atoms with Crippen molar-refractivity contribution in [3.05, 3.63) is 29.3 Å². The van der Waals surface area contributed by atoms with Gasteiger partial charge in [-0.3, -0.25) is 4.79 Å². The molecule has 1 aromatic rings. The molecule has 0 spiro atoms. The van der Waals surface area contributed by atoms with Gasteiger partial charge < -0.3 is 5.32 Å². The first-order valence-corrected chi connectivity index (χ1v) is 9.24. The topological polar surface area (TPSA) is 29.1 Å². The molecule has 1 N–H and O–H groups in total. The third kappa shape index (κ3) is 2.33. The summed E-state index contributed by atoms with van der Waals surface area (Å²) in [4.78, 5) is 13.1. The molecule has 4 bridgehead atoms. The highest BCUT2D eigenvalue weighted by atomic mass is 79.9.